The van der Waals surface area contributed by atoms with Gasteiger partial charge in [-0.2, -0.15) is 13.2 Å². The summed E-state index contributed by atoms with van der Waals surface area (Å²) in [5, 5.41) is 9.26. The van der Waals surface area contributed by atoms with Crippen LogP contribution in [0.15, 0.2) is 24.3 Å². The molecule has 3 nitrogen and oxygen atoms in total. The van der Waals surface area contributed by atoms with Crippen LogP contribution in [-0.4, -0.2) is 15.6 Å². The molecular formula is C15H16F3NO2. The first-order chi connectivity index (χ1) is 9.70. The highest BCUT2D eigenvalue weighted by atomic mass is 19.4. The van der Waals surface area contributed by atoms with E-state index in [1.54, 1.807) is 6.07 Å². The molecule has 2 rings (SSSR count). The number of aliphatic carboxylic acids is 1. The van der Waals surface area contributed by atoms with Gasteiger partial charge in [-0.1, -0.05) is 0 Å². The van der Waals surface area contributed by atoms with Crippen LogP contribution in [0, 0.1) is 0 Å². The molecule has 0 aliphatic carbocycles. The summed E-state index contributed by atoms with van der Waals surface area (Å²) >= 11 is 0. The zero-order valence-electron chi connectivity index (χ0n) is 11.7. The summed E-state index contributed by atoms with van der Waals surface area (Å²) in [5.74, 6) is -0.924. The van der Waals surface area contributed by atoms with Crippen LogP contribution >= 0.6 is 0 Å². The van der Waals surface area contributed by atoms with E-state index in [2.05, 4.69) is 0 Å². The van der Waals surface area contributed by atoms with Gasteiger partial charge in [0.1, 0.15) is 0 Å². The molecule has 0 fully saturated rings. The van der Waals surface area contributed by atoms with Crippen LogP contribution in [0.1, 0.15) is 37.6 Å². The van der Waals surface area contributed by atoms with Gasteiger partial charge in [-0.15, -0.1) is 0 Å². The van der Waals surface area contributed by atoms with Gasteiger partial charge < -0.3 is 9.67 Å². The Morgan fingerprint density at radius 1 is 1.29 bits per heavy atom. The number of hydrogen-bond donors (Lipinski definition) is 1. The average Bonchev–Trinajstić information content (AvgIpc) is 2.72. The van der Waals surface area contributed by atoms with Gasteiger partial charge in [0.15, 0.2) is 0 Å². The molecule has 1 heterocycles. The maximum absolute atomic E-state index is 12.8. The molecule has 0 radical (unpaired) electrons. The lowest BCUT2D eigenvalue weighted by atomic mass is 10.1. The van der Waals surface area contributed by atoms with E-state index >= 15 is 0 Å². The third kappa shape index (κ3) is 3.20. The second-order valence-electron chi connectivity index (χ2n) is 5.26. The maximum Gasteiger partial charge on any atom is 0.416 e. The molecule has 0 unspecified atom stereocenters. The molecular weight excluding hydrogens is 283 g/mol. The summed E-state index contributed by atoms with van der Waals surface area (Å²) in [6.07, 6.45) is -4.13. The number of aryl methyl sites for hydroxylation is 1. The lowest BCUT2D eigenvalue weighted by molar-refractivity contribution is -0.138. The molecule has 0 aliphatic rings. The van der Waals surface area contributed by atoms with Crippen LogP contribution in [0.3, 0.4) is 0 Å². The zero-order chi connectivity index (χ0) is 15.8. The van der Waals surface area contributed by atoms with Crippen LogP contribution in [0.5, 0.6) is 0 Å². The highest BCUT2D eigenvalue weighted by Gasteiger charge is 2.30. The van der Waals surface area contributed by atoms with Crippen molar-refractivity contribution in [3.8, 4) is 0 Å². The Hall–Kier alpha value is -1.98. The minimum atomic E-state index is -4.38. The lowest BCUT2D eigenvalue weighted by Gasteiger charge is -2.14. The van der Waals surface area contributed by atoms with Gasteiger partial charge in [-0.25, -0.2) is 0 Å². The van der Waals surface area contributed by atoms with Gasteiger partial charge in [0.05, 0.1) is 12.0 Å². The number of fused-ring (bicyclic) bond motifs is 1. The lowest BCUT2D eigenvalue weighted by Crippen LogP contribution is -2.08. The molecule has 0 atom stereocenters. The van der Waals surface area contributed by atoms with Crippen molar-refractivity contribution in [1.82, 2.24) is 4.57 Å². The van der Waals surface area contributed by atoms with E-state index in [0.29, 0.717) is 17.3 Å². The van der Waals surface area contributed by atoms with Crippen LogP contribution in [0.4, 0.5) is 13.2 Å². The van der Waals surface area contributed by atoms with Crippen molar-refractivity contribution in [2.24, 2.45) is 0 Å². The van der Waals surface area contributed by atoms with Crippen molar-refractivity contribution in [2.75, 3.05) is 0 Å². The van der Waals surface area contributed by atoms with Gasteiger partial charge >= 0.3 is 12.1 Å². The predicted molar refractivity (Wildman–Crippen MR) is 73.3 cm³/mol. The first kappa shape index (κ1) is 15.4. The highest BCUT2D eigenvalue weighted by molar-refractivity contribution is 5.82. The third-order valence-corrected chi connectivity index (χ3v) is 3.36. The van der Waals surface area contributed by atoms with Crippen molar-refractivity contribution < 1.29 is 23.1 Å². The molecule has 1 aromatic heterocycles. The van der Waals surface area contributed by atoms with E-state index in [1.807, 2.05) is 18.4 Å². The molecule has 2 aromatic rings. The van der Waals surface area contributed by atoms with Gasteiger partial charge in [-0.3, -0.25) is 4.79 Å². The Labute approximate surface area is 120 Å². The van der Waals surface area contributed by atoms with Crippen molar-refractivity contribution in [1.29, 1.82) is 0 Å². The predicted octanol–water partition coefficient (Wildman–Crippen LogP) is 4.26. The normalized spacial score (nSPS) is 12.3. The largest absolute Gasteiger partial charge is 0.481 e. The molecule has 21 heavy (non-hydrogen) atoms. The minimum absolute atomic E-state index is 0.0445. The zero-order valence-corrected chi connectivity index (χ0v) is 11.7. The average molecular weight is 299 g/mol. The number of carboxylic acids is 1. The fraction of sp³-hybridized carbons (Fsp3) is 0.400. The summed E-state index contributed by atoms with van der Waals surface area (Å²) in [4.78, 5) is 10.7. The minimum Gasteiger partial charge on any atom is -0.481 e. The quantitative estimate of drug-likeness (QED) is 0.916. The molecule has 0 saturated heterocycles. The van der Waals surface area contributed by atoms with E-state index in [1.165, 1.54) is 6.07 Å². The maximum atomic E-state index is 12.8. The van der Waals surface area contributed by atoms with Crippen molar-refractivity contribution in [3.63, 3.8) is 0 Å². The SMILES string of the molecule is CC(C)n1c(CCC(=O)O)cc2cc(C(F)(F)F)ccc21. The topological polar surface area (TPSA) is 42.2 Å². The number of halogens is 3. The Morgan fingerprint density at radius 3 is 2.48 bits per heavy atom. The van der Waals surface area contributed by atoms with Crippen LogP contribution in [0.25, 0.3) is 10.9 Å². The van der Waals surface area contributed by atoms with Gasteiger partial charge in [0.25, 0.3) is 0 Å². The number of benzene rings is 1. The fourth-order valence-corrected chi connectivity index (χ4v) is 2.51. The Balaban J connectivity index is 2.53. The summed E-state index contributed by atoms with van der Waals surface area (Å²) in [6, 6.07) is 5.30. The van der Waals surface area contributed by atoms with E-state index < -0.39 is 17.7 Å². The second kappa shape index (κ2) is 5.42. The molecule has 114 valence electrons. The number of nitrogens with zero attached hydrogens (tertiary/aromatic N) is 1. The Kier molecular flexibility index (Phi) is 3.98. The number of rotatable bonds is 4. The van der Waals surface area contributed by atoms with Gasteiger partial charge in [-0.05, 0) is 44.5 Å². The fourth-order valence-electron chi connectivity index (χ4n) is 2.51. The standard InChI is InChI=1S/C15H16F3NO2/c1-9(2)19-12(4-6-14(20)21)8-10-7-11(15(16,17)18)3-5-13(10)19/h3,5,7-9H,4,6H2,1-2H3,(H,20,21). The Morgan fingerprint density at radius 2 is 1.95 bits per heavy atom. The van der Waals surface area contributed by atoms with Crippen molar-refractivity contribution >= 4 is 16.9 Å². The number of hydrogen-bond acceptors (Lipinski definition) is 1. The summed E-state index contributed by atoms with van der Waals surface area (Å²) < 4.78 is 40.1. The number of aromatic nitrogens is 1. The van der Waals surface area contributed by atoms with E-state index in [0.717, 1.165) is 17.8 Å². The second-order valence-corrected chi connectivity index (χ2v) is 5.26. The molecule has 0 aliphatic heterocycles. The molecule has 0 amide bonds. The molecule has 6 heteroatoms. The molecule has 0 saturated carbocycles. The molecule has 0 bridgehead atoms. The van der Waals surface area contributed by atoms with Crippen LogP contribution in [-0.2, 0) is 17.4 Å². The summed E-state index contributed by atoms with van der Waals surface area (Å²) in [5.41, 5.74) is 0.737. The number of alkyl halides is 3. The molecule has 1 N–H and O–H groups in total. The molecule has 1 aromatic carbocycles. The van der Waals surface area contributed by atoms with Crippen LogP contribution < -0.4 is 0 Å². The van der Waals surface area contributed by atoms with Gasteiger partial charge in [0, 0.05) is 22.6 Å². The van der Waals surface area contributed by atoms with Crippen molar-refractivity contribution in [3.05, 3.63) is 35.5 Å². The van der Waals surface area contributed by atoms with Gasteiger partial charge in [0.2, 0.25) is 0 Å². The summed E-state index contributed by atoms with van der Waals surface area (Å²) in [7, 11) is 0. The highest BCUT2D eigenvalue weighted by Crippen LogP contribution is 2.33. The van der Waals surface area contributed by atoms with E-state index in [9.17, 15) is 18.0 Å². The molecule has 0 spiro atoms. The van der Waals surface area contributed by atoms with E-state index in [-0.39, 0.29) is 12.5 Å². The number of carboxylic acid groups (broad SMARTS) is 1. The third-order valence-electron chi connectivity index (χ3n) is 3.36. The Bertz CT molecular complexity index is 671. The first-order valence-electron chi connectivity index (χ1n) is 6.63. The first-order valence-corrected chi connectivity index (χ1v) is 6.63. The smallest absolute Gasteiger partial charge is 0.416 e. The monoisotopic (exact) mass is 299 g/mol. The van der Waals surface area contributed by atoms with E-state index in [4.69, 9.17) is 5.11 Å². The van der Waals surface area contributed by atoms with Crippen LogP contribution in [0.2, 0.25) is 0 Å². The van der Waals surface area contributed by atoms with Crippen molar-refractivity contribution in [2.45, 2.75) is 38.9 Å². The summed E-state index contributed by atoms with van der Waals surface area (Å²) in [6.45, 7) is 3.84. The number of carbonyl (C=O) groups is 1.